The van der Waals surface area contributed by atoms with Crippen molar-refractivity contribution < 1.29 is 25.8 Å². The lowest BCUT2D eigenvalue weighted by Crippen LogP contribution is -2.17. The van der Waals surface area contributed by atoms with Crippen LogP contribution in [0, 0.1) is 0 Å². The van der Waals surface area contributed by atoms with Gasteiger partial charge in [0.2, 0.25) is 0 Å². The third-order valence-corrected chi connectivity index (χ3v) is 2.34. The van der Waals surface area contributed by atoms with Crippen LogP contribution in [0.25, 0.3) is 0 Å². The molecule has 5 nitrogen and oxygen atoms in total. The second-order valence-corrected chi connectivity index (χ2v) is 4.83. The first-order valence-corrected chi connectivity index (χ1v) is 6.19. The molecule has 0 radical (unpaired) electrons. The van der Waals surface area contributed by atoms with Gasteiger partial charge in [-0.3, -0.25) is 9.17 Å². The van der Waals surface area contributed by atoms with Crippen LogP contribution < -0.4 is 0 Å². The summed E-state index contributed by atoms with van der Waals surface area (Å²) < 4.78 is 63.7. The Bertz CT molecular complexity index is 501. The summed E-state index contributed by atoms with van der Waals surface area (Å²) in [6.07, 6.45) is -3.41. The maximum absolute atomic E-state index is 12.5. The molecule has 1 aromatic heterocycles. The number of aromatic nitrogens is 2. The number of hydrogen-bond donors (Lipinski definition) is 0. The Labute approximate surface area is 95.8 Å². The molecule has 1 heterocycles. The van der Waals surface area contributed by atoms with E-state index in [1.165, 1.54) is 0 Å². The van der Waals surface area contributed by atoms with Gasteiger partial charge in [0.25, 0.3) is 10.1 Å². The zero-order valence-electron chi connectivity index (χ0n) is 8.89. The summed E-state index contributed by atoms with van der Waals surface area (Å²) in [6, 6.07) is 0. The number of rotatable bonds is 3. The summed E-state index contributed by atoms with van der Waals surface area (Å²) in [4.78, 5) is 6.60. The monoisotopic (exact) mass is 270 g/mol. The van der Waals surface area contributed by atoms with Crippen LogP contribution in [0.5, 0.6) is 0 Å². The minimum Gasteiger partial charge on any atom is -0.261 e. The van der Waals surface area contributed by atoms with E-state index in [9.17, 15) is 21.6 Å². The van der Waals surface area contributed by atoms with Gasteiger partial charge in [-0.05, 0) is 6.92 Å². The van der Waals surface area contributed by atoms with E-state index < -0.39 is 33.8 Å². The van der Waals surface area contributed by atoms with E-state index in [1.54, 1.807) is 0 Å². The van der Waals surface area contributed by atoms with Gasteiger partial charge >= 0.3 is 6.18 Å². The maximum atomic E-state index is 12.5. The number of nitrogens with zero attached hydrogens (tertiary/aromatic N) is 2. The van der Waals surface area contributed by atoms with E-state index in [4.69, 9.17) is 0 Å². The lowest BCUT2D eigenvalue weighted by atomic mass is 10.2. The van der Waals surface area contributed by atoms with Gasteiger partial charge in [-0.15, -0.1) is 0 Å². The summed E-state index contributed by atoms with van der Waals surface area (Å²) in [6.45, 7) is 1.15. The maximum Gasteiger partial charge on any atom is 0.435 e. The van der Waals surface area contributed by atoms with Crippen molar-refractivity contribution >= 4 is 10.1 Å². The van der Waals surface area contributed by atoms with Gasteiger partial charge in [-0.25, -0.2) is 4.98 Å². The molecule has 17 heavy (non-hydrogen) atoms. The first-order valence-electron chi connectivity index (χ1n) is 4.37. The minimum absolute atomic E-state index is 0.564. The van der Waals surface area contributed by atoms with Crippen molar-refractivity contribution in [1.82, 2.24) is 9.97 Å². The van der Waals surface area contributed by atoms with Crippen LogP contribution in [0.1, 0.15) is 24.4 Å². The molecule has 0 aromatic carbocycles. The minimum atomic E-state index is -4.71. The molecule has 0 aliphatic heterocycles. The molecule has 0 bridgehead atoms. The molecule has 96 valence electrons. The number of hydrogen-bond acceptors (Lipinski definition) is 5. The zero-order chi connectivity index (χ0) is 13.3. The Balaban J connectivity index is 3.14. The fourth-order valence-electron chi connectivity index (χ4n) is 1.17. The average Bonchev–Trinajstić information content (AvgIpc) is 2.13. The topological polar surface area (TPSA) is 69.2 Å². The molecule has 1 atom stereocenters. The molecule has 0 saturated heterocycles. The van der Waals surface area contributed by atoms with Crippen LogP contribution in [-0.4, -0.2) is 24.6 Å². The predicted octanol–water partition coefficient (Wildman–Crippen LogP) is 1.53. The highest BCUT2D eigenvalue weighted by Gasteiger charge is 2.38. The van der Waals surface area contributed by atoms with Gasteiger partial charge in [-0.2, -0.15) is 21.6 Å². The molecule has 0 N–H and O–H groups in total. The normalized spacial score (nSPS) is 14.6. The lowest BCUT2D eigenvalue weighted by Gasteiger charge is -2.15. The third kappa shape index (κ3) is 3.93. The quantitative estimate of drug-likeness (QED) is 0.779. The Morgan fingerprint density at radius 1 is 1.29 bits per heavy atom. The average molecular weight is 270 g/mol. The van der Waals surface area contributed by atoms with E-state index >= 15 is 0 Å². The summed E-state index contributed by atoms with van der Waals surface area (Å²) in [7, 11) is -3.87. The molecule has 1 aromatic rings. The fraction of sp³-hybridized carbons (Fsp3) is 0.500. The summed E-state index contributed by atoms with van der Waals surface area (Å²) in [5.41, 5.74) is -1.82. The summed E-state index contributed by atoms with van der Waals surface area (Å²) >= 11 is 0. The van der Waals surface area contributed by atoms with Gasteiger partial charge in [0.05, 0.1) is 6.26 Å². The van der Waals surface area contributed by atoms with Gasteiger partial charge in [0.1, 0.15) is 11.8 Å². The molecule has 0 amide bonds. The van der Waals surface area contributed by atoms with Crippen LogP contribution in [0.2, 0.25) is 0 Å². The molecular formula is C8H9F3N2O3S. The van der Waals surface area contributed by atoms with Crippen LogP contribution in [-0.2, 0) is 20.5 Å². The van der Waals surface area contributed by atoms with E-state index in [0.29, 0.717) is 0 Å². The summed E-state index contributed by atoms with van der Waals surface area (Å²) in [5, 5.41) is 0. The predicted molar refractivity (Wildman–Crippen MR) is 51.4 cm³/mol. The van der Waals surface area contributed by atoms with Gasteiger partial charge in [0, 0.05) is 12.4 Å². The van der Waals surface area contributed by atoms with Crippen molar-refractivity contribution in [3.05, 3.63) is 23.8 Å². The largest absolute Gasteiger partial charge is 0.435 e. The first kappa shape index (κ1) is 13.8. The number of alkyl halides is 3. The van der Waals surface area contributed by atoms with E-state index in [-0.39, 0.29) is 0 Å². The fourth-order valence-corrected chi connectivity index (χ4v) is 1.79. The van der Waals surface area contributed by atoms with Gasteiger partial charge < -0.3 is 0 Å². The van der Waals surface area contributed by atoms with Crippen molar-refractivity contribution in [3.63, 3.8) is 0 Å². The highest BCUT2D eigenvalue weighted by molar-refractivity contribution is 7.86. The van der Waals surface area contributed by atoms with Gasteiger partial charge in [0.15, 0.2) is 5.69 Å². The number of halogens is 3. The molecule has 0 aliphatic carbocycles. The molecule has 1 rings (SSSR count). The van der Waals surface area contributed by atoms with Crippen molar-refractivity contribution in [1.29, 1.82) is 0 Å². The van der Waals surface area contributed by atoms with Crippen molar-refractivity contribution in [2.45, 2.75) is 19.2 Å². The van der Waals surface area contributed by atoms with Crippen molar-refractivity contribution in [2.24, 2.45) is 0 Å². The van der Waals surface area contributed by atoms with E-state index in [1.807, 2.05) is 0 Å². The Morgan fingerprint density at radius 3 is 2.29 bits per heavy atom. The Morgan fingerprint density at radius 2 is 1.82 bits per heavy atom. The van der Waals surface area contributed by atoms with Crippen LogP contribution >= 0.6 is 0 Å². The van der Waals surface area contributed by atoms with Crippen LogP contribution in [0.3, 0.4) is 0 Å². The molecule has 0 aliphatic rings. The summed E-state index contributed by atoms with van der Waals surface area (Å²) in [5.74, 6) is 0. The highest BCUT2D eigenvalue weighted by Crippen LogP contribution is 2.32. The van der Waals surface area contributed by atoms with E-state index in [0.717, 1.165) is 25.6 Å². The molecule has 0 spiro atoms. The molecule has 1 unspecified atom stereocenters. The first-order chi connectivity index (χ1) is 7.61. The molecular weight excluding hydrogens is 261 g/mol. The zero-order valence-corrected chi connectivity index (χ0v) is 9.71. The van der Waals surface area contributed by atoms with E-state index in [2.05, 4.69) is 14.2 Å². The highest BCUT2D eigenvalue weighted by atomic mass is 32.2. The lowest BCUT2D eigenvalue weighted by molar-refractivity contribution is -0.143. The molecule has 9 heteroatoms. The van der Waals surface area contributed by atoms with Crippen molar-refractivity contribution in [3.8, 4) is 0 Å². The second kappa shape index (κ2) is 4.57. The van der Waals surface area contributed by atoms with Crippen molar-refractivity contribution in [2.75, 3.05) is 6.26 Å². The molecule has 0 fully saturated rings. The standard InChI is InChI=1S/C8H9F3N2O3S/c1-5(16-17(2,14)15)6-7(8(9,10)11)13-4-3-12-6/h3-5H,1-2H3. The third-order valence-electron chi connectivity index (χ3n) is 1.70. The smallest absolute Gasteiger partial charge is 0.261 e. The Hall–Kier alpha value is -1.22. The second-order valence-electron chi connectivity index (χ2n) is 3.23. The van der Waals surface area contributed by atoms with Gasteiger partial charge in [-0.1, -0.05) is 0 Å². The van der Waals surface area contributed by atoms with Crippen LogP contribution in [0.15, 0.2) is 12.4 Å². The Kier molecular flexibility index (Phi) is 3.72. The van der Waals surface area contributed by atoms with Crippen LogP contribution in [0.4, 0.5) is 13.2 Å². The molecule has 0 saturated carbocycles. The SMILES string of the molecule is CC(OS(C)(=O)=O)c1nccnc1C(F)(F)F.